The fourth-order valence-electron chi connectivity index (χ4n) is 3.23. The van der Waals surface area contributed by atoms with Gasteiger partial charge in [-0.15, -0.1) is 0 Å². The van der Waals surface area contributed by atoms with E-state index in [1.165, 1.54) is 4.90 Å². The van der Waals surface area contributed by atoms with Crippen molar-refractivity contribution in [2.24, 2.45) is 17.3 Å². The minimum absolute atomic E-state index is 0.0208. The van der Waals surface area contributed by atoms with Crippen molar-refractivity contribution in [3.05, 3.63) is 0 Å². The van der Waals surface area contributed by atoms with Gasteiger partial charge in [0.1, 0.15) is 0 Å². The minimum Gasteiger partial charge on any atom is -0.393 e. The summed E-state index contributed by atoms with van der Waals surface area (Å²) in [7, 11) is 0. The van der Waals surface area contributed by atoms with Crippen LogP contribution in [0.4, 0.5) is 0 Å². The third-order valence-electron chi connectivity index (χ3n) is 5.02. The Morgan fingerprint density at radius 2 is 2.05 bits per heavy atom. The van der Waals surface area contributed by atoms with E-state index in [1.807, 2.05) is 20.8 Å². The van der Waals surface area contributed by atoms with Gasteiger partial charge in [-0.25, -0.2) is 0 Å². The Morgan fingerprint density at radius 3 is 2.58 bits per heavy atom. The highest BCUT2D eigenvalue weighted by molar-refractivity contribution is 6.05. The van der Waals surface area contributed by atoms with Gasteiger partial charge in [-0.05, 0) is 38.0 Å². The Balaban J connectivity index is 2.05. The molecule has 1 heterocycles. The summed E-state index contributed by atoms with van der Waals surface area (Å²) in [4.78, 5) is 26.0. The van der Waals surface area contributed by atoms with Crippen LogP contribution in [0.3, 0.4) is 0 Å². The lowest BCUT2D eigenvalue weighted by atomic mass is 9.78. The van der Waals surface area contributed by atoms with E-state index < -0.39 is 5.41 Å². The molecule has 4 nitrogen and oxygen atoms in total. The molecule has 108 valence electrons. The standard InChI is InChI=1S/C15H25NO3/c1-10(2)15(3)8-13(18)16(14(15)19)9-11-5-4-6-12(17)7-11/h10-12,17H,4-9H2,1-3H3. The average Bonchev–Trinajstić information content (AvgIpc) is 2.54. The molecule has 0 spiro atoms. The second-order valence-corrected chi connectivity index (χ2v) is 6.74. The number of aliphatic hydroxyl groups excluding tert-OH is 1. The maximum Gasteiger partial charge on any atom is 0.235 e. The lowest BCUT2D eigenvalue weighted by molar-refractivity contribution is -0.143. The van der Waals surface area contributed by atoms with E-state index in [1.54, 1.807) is 0 Å². The van der Waals surface area contributed by atoms with Crippen LogP contribution >= 0.6 is 0 Å². The van der Waals surface area contributed by atoms with Gasteiger partial charge in [0.05, 0.1) is 11.5 Å². The molecule has 2 amide bonds. The second-order valence-electron chi connectivity index (χ2n) is 6.74. The van der Waals surface area contributed by atoms with Gasteiger partial charge < -0.3 is 5.11 Å². The topological polar surface area (TPSA) is 57.6 Å². The Bertz CT molecular complexity index is 380. The van der Waals surface area contributed by atoms with E-state index in [4.69, 9.17) is 0 Å². The van der Waals surface area contributed by atoms with Crippen molar-refractivity contribution >= 4 is 11.8 Å². The average molecular weight is 267 g/mol. The molecule has 1 saturated carbocycles. The molecule has 19 heavy (non-hydrogen) atoms. The van der Waals surface area contributed by atoms with Crippen molar-refractivity contribution in [3.63, 3.8) is 0 Å². The predicted molar refractivity (Wildman–Crippen MR) is 72.2 cm³/mol. The number of hydrogen-bond acceptors (Lipinski definition) is 3. The molecule has 3 atom stereocenters. The summed E-state index contributed by atoms with van der Waals surface area (Å²) in [5.41, 5.74) is -0.537. The van der Waals surface area contributed by atoms with E-state index in [-0.39, 0.29) is 29.8 Å². The van der Waals surface area contributed by atoms with Crippen molar-refractivity contribution in [2.75, 3.05) is 6.54 Å². The van der Waals surface area contributed by atoms with Gasteiger partial charge in [-0.3, -0.25) is 14.5 Å². The Kier molecular flexibility index (Phi) is 4.00. The van der Waals surface area contributed by atoms with Crippen LogP contribution < -0.4 is 0 Å². The summed E-state index contributed by atoms with van der Waals surface area (Å²) in [5.74, 6) is 0.380. The number of hydrogen-bond donors (Lipinski definition) is 1. The molecule has 0 aromatic carbocycles. The number of rotatable bonds is 3. The number of likely N-dealkylation sites (tertiary alicyclic amines) is 1. The van der Waals surface area contributed by atoms with Crippen LogP contribution in [0.5, 0.6) is 0 Å². The fraction of sp³-hybridized carbons (Fsp3) is 0.867. The van der Waals surface area contributed by atoms with E-state index in [0.29, 0.717) is 13.0 Å². The Morgan fingerprint density at radius 1 is 1.37 bits per heavy atom. The zero-order valence-electron chi connectivity index (χ0n) is 12.2. The highest BCUT2D eigenvalue weighted by atomic mass is 16.3. The van der Waals surface area contributed by atoms with Crippen LogP contribution in [-0.4, -0.2) is 34.5 Å². The van der Waals surface area contributed by atoms with Gasteiger partial charge >= 0.3 is 0 Å². The van der Waals surface area contributed by atoms with E-state index in [0.717, 1.165) is 25.7 Å². The maximum atomic E-state index is 12.5. The van der Waals surface area contributed by atoms with Gasteiger partial charge in [0.15, 0.2) is 0 Å². The van der Waals surface area contributed by atoms with Crippen molar-refractivity contribution in [3.8, 4) is 0 Å². The van der Waals surface area contributed by atoms with Crippen LogP contribution in [0.1, 0.15) is 52.9 Å². The van der Waals surface area contributed by atoms with Crippen LogP contribution in [0.2, 0.25) is 0 Å². The van der Waals surface area contributed by atoms with Crippen LogP contribution in [0, 0.1) is 17.3 Å². The van der Waals surface area contributed by atoms with Gasteiger partial charge in [0.2, 0.25) is 11.8 Å². The van der Waals surface area contributed by atoms with Gasteiger partial charge in [0, 0.05) is 13.0 Å². The molecule has 3 unspecified atom stereocenters. The number of aliphatic hydroxyl groups is 1. The molecular weight excluding hydrogens is 242 g/mol. The summed E-state index contributed by atoms with van der Waals surface area (Å²) in [6, 6.07) is 0. The molecule has 4 heteroatoms. The molecule has 1 saturated heterocycles. The van der Waals surface area contributed by atoms with E-state index in [2.05, 4.69) is 0 Å². The monoisotopic (exact) mass is 267 g/mol. The van der Waals surface area contributed by atoms with Crippen LogP contribution in [-0.2, 0) is 9.59 Å². The molecule has 1 aliphatic heterocycles. The molecule has 2 fully saturated rings. The first-order valence-corrected chi connectivity index (χ1v) is 7.37. The smallest absolute Gasteiger partial charge is 0.235 e. The summed E-state index contributed by atoms with van der Waals surface area (Å²) >= 11 is 0. The summed E-state index contributed by atoms with van der Waals surface area (Å²) in [6.07, 6.45) is 3.63. The molecular formula is C15H25NO3. The predicted octanol–water partition coefficient (Wildman–Crippen LogP) is 1.96. The molecule has 1 aliphatic carbocycles. The highest BCUT2D eigenvalue weighted by Gasteiger charge is 2.50. The van der Waals surface area contributed by atoms with Gasteiger partial charge in [0.25, 0.3) is 0 Å². The van der Waals surface area contributed by atoms with Crippen molar-refractivity contribution in [1.29, 1.82) is 0 Å². The summed E-state index contributed by atoms with van der Waals surface area (Å²) < 4.78 is 0. The Labute approximate surface area is 115 Å². The normalized spacial score (nSPS) is 36.4. The van der Waals surface area contributed by atoms with Crippen molar-refractivity contribution < 1.29 is 14.7 Å². The summed E-state index contributed by atoms with van der Waals surface area (Å²) in [6.45, 7) is 6.39. The molecule has 0 aromatic heterocycles. The first-order valence-electron chi connectivity index (χ1n) is 7.37. The lowest BCUT2D eigenvalue weighted by Gasteiger charge is -2.30. The minimum atomic E-state index is -0.537. The number of carbonyl (C=O) groups is 2. The third-order valence-corrected chi connectivity index (χ3v) is 5.02. The highest BCUT2D eigenvalue weighted by Crippen LogP contribution is 2.40. The lowest BCUT2D eigenvalue weighted by Crippen LogP contribution is -2.40. The first-order chi connectivity index (χ1) is 8.84. The molecule has 0 bridgehead atoms. The maximum absolute atomic E-state index is 12.5. The number of imide groups is 1. The molecule has 2 rings (SSSR count). The molecule has 0 radical (unpaired) electrons. The molecule has 2 aliphatic rings. The summed E-state index contributed by atoms with van der Waals surface area (Å²) in [5, 5.41) is 9.69. The van der Waals surface area contributed by atoms with E-state index in [9.17, 15) is 14.7 Å². The zero-order valence-corrected chi connectivity index (χ0v) is 12.2. The van der Waals surface area contributed by atoms with Crippen molar-refractivity contribution in [1.82, 2.24) is 4.90 Å². The van der Waals surface area contributed by atoms with Crippen LogP contribution in [0.15, 0.2) is 0 Å². The number of nitrogens with zero attached hydrogens (tertiary/aromatic N) is 1. The first kappa shape index (κ1) is 14.5. The zero-order chi connectivity index (χ0) is 14.2. The van der Waals surface area contributed by atoms with Crippen molar-refractivity contribution in [2.45, 2.75) is 59.0 Å². The fourth-order valence-corrected chi connectivity index (χ4v) is 3.23. The van der Waals surface area contributed by atoms with Gasteiger partial charge in [-0.1, -0.05) is 20.3 Å². The quantitative estimate of drug-likeness (QED) is 0.795. The Hall–Kier alpha value is -0.900. The SMILES string of the molecule is CC(C)C1(C)CC(=O)N(CC2CCCC(O)C2)C1=O. The molecule has 0 aromatic rings. The largest absolute Gasteiger partial charge is 0.393 e. The van der Waals surface area contributed by atoms with Gasteiger partial charge in [-0.2, -0.15) is 0 Å². The number of carbonyl (C=O) groups excluding carboxylic acids is 2. The number of amides is 2. The van der Waals surface area contributed by atoms with Crippen LogP contribution in [0.25, 0.3) is 0 Å². The molecule has 1 N–H and O–H groups in total. The third kappa shape index (κ3) is 2.69. The van der Waals surface area contributed by atoms with E-state index >= 15 is 0 Å². The second kappa shape index (κ2) is 5.23.